The summed E-state index contributed by atoms with van der Waals surface area (Å²) in [4.78, 5) is 13.4. The molecular formula is C25H33NO4. The Balaban J connectivity index is 1.57. The molecule has 162 valence electrons. The fourth-order valence-electron chi connectivity index (χ4n) is 3.83. The molecule has 0 aromatic heterocycles. The van der Waals surface area contributed by atoms with E-state index in [0.717, 1.165) is 43.2 Å². The van der Waals surface area contributed by atoms with Crippen LogP contribution in [0.5, 0.6) is 5.75 Å². The number of nitrogens with zero attached hydrogens (tertiary/aromatic N) is 1. The normalized spacial score (nSPS) is 16.3. The molecule has 2 aromatic rings. The number of carboxylic acids is 1. The number of carbonyl (C=O) groups is 1. The van der Waals surface area contributed by atoms with Crippen LogP contribution < -0.4 is 4.74 Å². The standard InChI is InChI=1S/C25H33NO4/c1-20-13-15-26(16-14-20)17-23(29-19-25(27)28)18-30-24-10-6-5-9-22(24)12-11-21-7-3-2-4-8-21/h2-10,20,23H,11-19H2,1H3,(H,27,28). The summed E-state index contributed by atoms with van der Waals surface area (Å²) in [5.41, 5.74) is 2.46. The summed E-state index contributed by atoms with van der Waals surface area (Å²) in [6, 6.07) is 18.5. The van der Waals surface area contributed by atoms with E-state index in [1.807, 2.05) is 24.3 Å². The van der Waals surface area contributed by atoms with E-state index in [1.165, 1.54) is 18.4 Å². The highest BCUT2D eigenvalue weighted by atomic mass is 16.5. The third-order valence-corrected chi connectivity index (χ3v) is 5.70. The van der Waals surface area contributed by atoms with E-state index in [4.69, 9.17) is 14.6 Å². The Morgan fingerprint density at radius 2 is 1.77 bits per heavy atom. The van der Waals surface area contributed by atoms with Crippen LogP contribution in [-0.4, -0.2) is 54.9 Å². The molecule has 1 unspecified atom stereocenters. The van der Waals surface area contributed by atoms with Crippen LogP contribution in [0.2, 0.25) is 0 Å². The van der Waals surface area contributed by atoms with Crippen LogP contribution in [0.4, 0.5) is 0 Å². The van der Waals surface area contributed by atoms with Gasteiger partial charge in [-0.1, -0.05) is 55.5 Å². The van der Waals surface area contributed by atoms with Gasteiger partial charge in [0.2, 0.25) is 0 Å². The molecule has 0 saturated carbocycles. The third-order valence-electron chi connectivity index (χ3n) is 5.70. The smallest absolute Gasteiger partial charge is 0.329 e. The van der Waals surface area contributed by atoms with E-state index in [-0.39, 0.29) is 12.7 Å². The molecule has 1 fully saturated rings. The lowest BCUT2D eigenvalue weighted by Crippen LogP contribution is -2.42. The van der Waals surface area contributed by atoms with Gasteiger partial charge in [-0.2, -0.15) is 0 Å². The predicted octanol–water partition coefficient (Wildman–Crippen LogP) is 4.05. The predicted molar refractivity (Wildman–Crippen MR) is 118 cm³/mol. The molecule has 0 amide bonds. The van der Waals surface area contributed by atoms with E-state index in [9.17, 15) is 4.79 Å². The molecule has 30 heavy (non-hydrogen) atoms. The minimum atomic E-state index is -0.949. The van der Waals surface area contributed by atoms with Crippen molar-refractivity contribution in [1.29, 1.82) is 0 Å². The Morgan fingerprint density at radius 3 is 2.50 bits per heavy atom. The number of rotatable bonds is 11. The van der Waals surface area contributed by atoms with E-state index in [1.54, 1.807) is 0 Å². The summed E-state index contributed by atoms with van der Waals surface area (Å²) >= 11 is 0. The van der Waals surface area contributed by atoms with Gasteiger partial charge in [-0.05, 0) is 61.9 Å². The zero-order valence-corrected chi connectivity index (χ0v) is 17.8. The minimum absolute atomic E-state index is 0.267. The molecule has 5 nitrogen and oxygen atoms in total. The SMILES string of the molecule is CC1CCN(CC(COc2ccccc2CCc2ccccc2)OCC(=O)O)CC1. The van der Waals surface area contributed by atoms with Crippen LogP contribution in [0.15, 0.2) is 54.6 Å². The number of para-hydroxylation sites is 1. The van der Waals surface area contributed by atoms with Gasteiger partial charge < -0.3 is 19.5 Å². The molecule has 1 aliphatic rings. The topological polar surface area (TPSA) is 59.0 Å². The number of carboxylic acid groups (broad SMARTS) is 1. The van der Waals surface area contributed by atoms with Gasteiger partial charge in [-0.25, -0.2) is 4.79 Å². The second kappa shape index (κ2) is 11.7. The molecule has 1 heterocycles. The van der Waals surface area contributed by atoms with Gasteiger partial charge in [0.25, 0.3) is 0 Å². The molecule has 2 aromatic carbocycles. The van der Waals surface area contributed by atoms with Crippen LogP contribution in [0.1, 0.15) is 30.9 Å². The van der Waals surface area contributed by atoms with Crippen molar-refractivity contribution >= 4 is 5.97 Å². The fraction of sp³-hybridized carbons (Fsp3) is 0.480. The molecule has 1 N–H and O–H groups in total. The number of benzene rings is 2. The first-order chi connectivity index (χ1) is 14.6. The number of ether oxygens (including phenoxy) is 2. The van der Waals surface area contributed by atoms with Crippen LogP contribution in [0, 0.1) is 5.92 Å². The van der Waals surface area contributed by atoms with Crippen molar-refractivity contribution in [2.75, 3.05) is 32.8 Å². The Hall–Kier alpha value is -2.37. The molecule has 3 rings (SSSR count). The monoisotopic (exact) mass is 411 g/mol. The number of likely N-dealkylation sites (tertiary alicyclic amines) is 1. The van der Waals surface area contributed by atoms with Crippen LogP contribution >= 0.6 is 0 Å². The maximum atomic E-state index is 11.0. The first-order valence-electron chi connectivity index (χ1n) is 10.9. The van der Waals surface area contributed by atoms with Crippen LogP contribution in [-0.2, 0) is 22.4 Å². The Labute approximate surface area is 179 Å². The average molecular weight is 412 g/mol. The van der Waals surface area contributed by atoms with E-state index < -0.39 is 5.97 Å². The summed E-state index contributed by atoms with van der Waals surface area (Å²) in [7, 11) is 0. The average Bonchev–Trinajstić information content (AvgIpc) is 2.77. The van der Waals surface area contributed by atoms with Gasteiger partial charge in [0.1, 0.15) is 25.1 Å². The molecule has 0 aliphatic carbocycles. The first kappa shape index (κ1) is 22.3. The third kappa shape index (κ3) is 7.47. The summed E-state index contributed by atoms with van der Waals surface area (Å²) in [6.07, 6.45) is 3.93. The summed E-state index contributed by atoms with van der Waals surface area (Å²) in [6.45, 7) is 5.09. The van der Waals surface area contributed by atoms with Gasteiger partial charge in [-0.15, -0.1) is 0 Å². The second-order valence-electron chi connectivity index (χ2n) is 8.21. The number of hydrogen-bond donors (Lipinski definition) is 1. The summed E-state index contributed by atoms with van der Waals surface area (Å²) in [5, 5.41) is 9.03. The highest BCUT2D eigenvalue weighted by molar-refractivity contribution is 5.68. The van der Waals surface area contributed by atoms with Crippen LogP contribution in [0.25, 0.3) is 0 Å². The second-order valence-corrected chi connectivity index (χ2v) is 8.21. The number of aryl methyl sites for hydroxylation is 2. The number of aliphatic carboxylic acids is 1. The van der Waals surface area contributed by atoms with Crippen molar-refractivity contribution in [2.24, 2.45) is 5.92 Å². The van der Waals surface area contributed by atoms with Gasteiger partial charge in [0.15, 0.2) is 0 Å². The van der Waals surface area contributed by atoms with Gasteiger partial charge >= 0.3 is 5.97 Å². The van der Waals surface area contributed by atoms with Crippen molar-refractivity contribution in [3.8, 4) is 5.75 Å². The van der Waals surface area contributed by atoms with E-state index in [0.29, 0.717) is 13.2 Å². The lowest BCUT2D eigenvalue weighted by molar-refractivity contribution is -0.145. The molecule has 0 radical (unpaired) electrons. The van der Waals surface area contributed by atoms with E-state index >= 15 is 0 Å². The minimum Gasteiger partial charge on any atom is -0.491 e. The van der Waals surface area contributed by atoms with Crippen molar-refractivity contribution in [1.82, 2.24) is 4.90 Å². The quantitative estimate of drug-likeness (QED) is 0.604. The Kier molecular flexibility index (Phi) is 8.72. The highest BCUT2D eigenvalue weighted by Gasteiger charge is 2.21. The molecule has 0 spiro atoms. The number of piperidine rings is 1. The maximum Gasteiger partial charge on any atom is 0.329 e. The maximum absolute atomic E-state index is 11.0. The fourth-order valence-corrected chi connectivity index (χ4v) is 3.83. The van der Waals surface area contributed by atoms with Crippen molar-refractivity contribution in [2.45, 2.75) is 38.7 Å². The molecule has 5 heteroatoms. The van der Waals surface area contributed by atoms with Gasteiger partial charge in [-0.3, -0.25) is 0 Å². The molecule has 0 bridgehead atoms. The molecule has 1 aliphatic heterocycles. The lowest BCUT2D eigenvalue weighted by Gasteiger charge is -2.32. The first-order valence-corrected chi connectivity index (χ1v) is 10.9. The number of hydrogen-bond acceptors (Lipinski definition) is 4. The summed E-state index contributed by atoms with van der Waals surface area (Å²) in [5.74, 6) is 0.660. The summed E-state index contributed by atoms with van der Waals surface area (Å²) < 4.78 is 11.8. The zero-order chi connectivity index (χ0) is 21.2. The highest BCUT2D eigenvalue weighted by Crippen LogP contribution is 2.21. The largest absolute Gasteiger partial charge is 0.491 e. The molecule has 1 saturated heterocycles. The molecule has 1 atom stereocenters. The Morgan fingerprint density at radius 1 is 1.07 bits per heavy atom. The van der Waals surface area contributed by atoms with Crippen molar-refractivity contribution < 1.29 is 19.4 Å². The van der Waals surface area contributed by atoms with E-state index in [2.05, 4.69) is 42.2 Å². The lowest BCUT2D eigenvalue weighted by atomic mass is 9.99. The van der Waals surface area contributed by atoms with Crippen molar-refractivity contribution in [3.63, 3.8) is 0 Å². The van der Waals surface area contributed by atoms with Crippen molar-refractivity contribution in [3.05, 3.63) is 65.7 Å². The Bertz CT molecular complexity index is 772. The van der Waals surface area contributed by atoms with Gasteiger partial charge in [0, 0.05) is 6.54 Å². The van der Waals surface area contributed by atoms with Gasteiger partial charge in [0.05, 0.1) is 0 Å². The molecular weight excluding hydrogens is 378 g/mol. The zero-order valence-electron chi connectivity index (χ0n) is 17.8. The van der Waals surface area contributed by atoms with Crippen LogP contribution in [0.3, 0.4) is 0 Å².